The standard InChI is InChI=1S/C33H35F2N5O4/c1-22-11-15-39(16-12-22)14-5-17-43-32-20-27-24(19-31(32)42-2)29(10-13-37-27)44-30-9-8-23(18-26(30)35)21-38-40(33(36)41)28-7-4-3-6-25(28)34/h3-4,6-10,13,18-22H,5,11-12,14-17H2,1-2H3,(H2,36,41)/b38-21+. The van der Waals surface area contributed by atoms with Crippen molar-refractivity contribution in [1.82, 2.24) is 9.88 Å². The summed E-state index contributed by atoms with van der Waals surface area (Å²) in [5.74, 6) is 0.873. The lowest BCUT2D eigenvalue weighted by Crippen LogP contribution is -2.34. The number of likely N-dealkylation sites (tertiary alicyclic amines) is 1. The Balaban J connectivity index is 1.28. The predicted octanol–water partition coefficient (Wildman–Crippen LogP) is 6.73. The molecule has 0 atom stereocenters. The number of fused-ring (bicyclic) bond motifs is 1. The highest BCUT2D eigenvalue weighted by Gasteiger charge is 2.17. The third-order valence-electron chi connectivity index (χ3n) is 7.53. The van der Waals surface area contributed by atoms with Gasteiger partial charge in [0.15, 0.2) is 23.1 Å². The minimum atomic E-state index is -0.993. The van der Waals surface area contributed by atoms with Crippen LogP contribution in [0.4, 0.5) is 19.3 Å². The fraction of sp³-hybridized carbons (Fsp3) is 0.303. The van der Waals surface area contributed by atoms with Crippen LogP contribution in [-0.2, 0) is 0 Å². The van der Waals surface area contributed by atoms with Gasteiger partial charge in [-0.1, -0.05) is 19.1 Å². The molecule has 0 bridgehead atoms. The Morgan fingerprint density at radius 3 is 2.57 bits per heavy atom. The summed E-state index contributed by atoms with van der Waals surface area (Å²) in [5.41, 5.74) is 6.15. The molecule has 1 aliphatic rings. The maximum absolute atomic E-state index is 15.1. The van der Waals surface area contributed by atoms with E-state index < -0.39 is 17.7 Å². The van der Waals surface area contributed by atoms with Gasteiger partial charge in [0.05, 0.1) is 25.4 Å². The summed E-state index contributed by atoms with van der Waals surface area (Å²) in [4.78, 5) is 18.8. The molecular formula is C33H35F2N5O4. The van der Waals surface area contributed by atoms with E-state index in [2.05, 4.69) is 21.9 Å². The quantitative estimate of drug-likeness (QED) is 0.116. The van der Waals surface area contributed by atoms with Crippen molar-refractivity contribution in [2.24, 2.45) is 16.8 Å². The van der Waals surface area contributed by atoms with E-state index in [1.807, 2.05) is 0 Å². The number of primary amides is 1. The number of carbonyl (C=O) groups excluding carboxylic acids is 1. The van der Waals surface area contributed by atoms with Gasteiger partial charge in [0.1, 0.15) is 17.3 Å². The molecule has 5 rings (SSSR count). The van der Waals surface area contributed by atoms with Crippen molar-refractivity contribution in [3.8, 4) is 23.0 Å². The highest BCUT2D eigenvalue weighted by atomic mass is 19.1. The summed E-state index contributed by atoms with van der Waals surface area (Å²) < 4.78 is 46.9. The van der Waals surface area contributed by atoms with E-state index in [1.165, 1.54) is 49.4 Å². The zero-order chi connectivity index (χ0) is 31.1. The average Bonchev–Trinajstić information content (AvgIpc) is 3.02. The van der Waals surface area contributed by atoms with Crippen LogP contribution in [0.1, 0.15) is 31.7 Å². The van der Waals surface area contributed by atoms with Crippen LogP contribution in [0, 0.1) is 17.6 Å². The van der Waals surface area contributed by atoms with Crippen molar-refractivity contribution < 1.29 is 27.8 Å². The number of aromatic nitrogens is 1. The van der Waals surface area contributed by atoms with E-state index in [0.717, 1.165) is 32.0 Å². The summed E-state index contributed by atoms with van der Waals surface area (Å²) in [6, 6.07) is 13.9. The Labute approximate surface area is 254 Å². The van der Waals surface area contributed by atoms with Crippen LogP contribution in [-0.4, -0.2) is 55.5 Å². The number of amides is 2. The Morgan fingerprint density at radius 2 is 1.84 bits per heavy atom. The first-order chi connectivity index (χ1) is 21.3. The van der Waals surface area contributed by atoms with Gasteiger partial charge in [-0.25, -0.2) is 13.6 Å². The van der Waals surface area contributed by atoms with Crippen LogP contribution >= 0.6 is 0 Å². The van der Waals surface area contributed by atoms with E-state index in [-0.39, 0.29) is 11.4 Å². The minimum absolute atomic E-state index is 0.0399. The lowest BCUT2D eigenvalue weighted by molar-refractivity contribution is 0.176. The fourth-order valence-electron chi connectivity index (χ4n) is 5.03. The van der Waals surface area contributed by atoms with Gasteiger partial charge in [-0.2, -0.15) is 10.1 Å². The van der Waals surface area contributed by atoms with E-state index in [1.54, 1.807) is 43.6 Å². The van der Waals surface area contributed by atoms with Gasteiger partial charge in [0, 0.05) is 24.2 Å². The third kappa shape index (κ3) is 7.41. The zero-order valence-electron chi connectivity index (χ0n) is 24.7. The highest BCUT2D eigenvalue weighted by molar-refractivity contribution is 5.93. The molecule has 44 heavy (non-hydrogen) atoms. The number of para-hydroxylation sites is 1. The predicted molar refractivity (Wildman–Crippen MR) is 166 cm³/mol. The average molecular weight is 604 g/mol. The van der Waals surface area contributed by atoms with Gasteiger partial charge >= 0.3 is 6.03 Å². The lowest BCUT2D eigenvalue weighted by atomic mass is 9.99. The van der Waals surface area contributed by atoms with E-state index in [9.17, 15) is 9.18 Å². The second-order valence-corrected chi connectivity index (χ2v) is 10.7. The largest absolute Gasteiger partial charge is 0.493 e. The molecule has 0 unspecified atom stereocenters. The molecule has 1 aromatic heterocycles. The Bertz CT molecular complexity index is 1640. The van der Waals surface area contributed by atoms with Gasteiger partial charge < -0.3 is 24.8 Å². The molecule has 0 spiro atoms. The molecule has 0 saturated carbocycles. The van der Waals surface area contributed by atoms with E-state index in [0.29, 0.717) is 45.3 Å². The number of hydrogen-bond donors (Lipinski definition) is 1. The number of halogens is 2. The monoisotopic (exact) mass is 603 g/mol. The fourth-order valence-corrected chi connectivity index (χ4v) is 5.03. The molecule has 9 nitrogen and oxygen atoms in total. The molecule has 3 aromatic carbocycles. The summed E-state index contributed by atoms with van der Waals surface area (Å²) in [7, 11) is 1.56. The first kappa shape index (κ1) is 30.7. The van der Waals surface area contributed by atoms with Crippen LogP contribution in [0.2, 0.25) is 0 Å². The Kier molecular flexibility index (Phi) is 9.86. The molecule has 2 heterocycles. The molecule has 2 amide bonds. The highest BCUT2D eigenvalue weighted by Crippen LogP contribution is 2.37. The molecule has 11 heteroatoms. The number of pyridine rings is 1. The maximum atomic E-state index is 15.1. The third-order valence-corrected chi connectivity index (χ3v) is 7.53. The van der Waals surface area contributed by atoms with Crippen molar-refractivity contribution in [2.45, 2.75) is 26.2 Å². The molecule has 4 aromatic rings. The number of carbonyl (C=O) groups is 1. The van der Waals surface area contributed by atoms with Crippen molar-refractivity contribution in [3.63, 3.8) is 0 Å². The molecular weight excluding hydrogens is 568 g/mol. The summed E-state index contributed by atoms with van der Waals surface area (Å²) >= 11 is 0. The zero-order valence-corrected chi connectivity index (χ0v) is 24.7. The summed E-state index contributed by atoms with van der Waals surface area (Å²) in [5, 5.41) is 5.26. The maximum Gasteiger partial charge on any atom is 0.340 e. The van der Waals surface area contributed by atoms with Crippen LogP contribution in [0.15, 0.2) is 72.0 Å². The molecule has 230 valence electrons. The van der Waals surface area contributed by atoms with Gasteiger partial charge in [0.2, 0.25) is 0 Å². The molecule has 0 radical (unpaired) electrons. The summed E-state index contributed by atoms with van der Waals surface area (Å²) in [6.07, 6.45) is 6.15. The number of urea groups is 1. The van der Waals surface area contributed by atoms with Gasteiger partial charge in [0.25, 0.3) is 0 Å². The number of ether oxygens (including phenoxy) is 3. The number of nitrogens with two attached hydrogens (primary N) is 1. The van der Waals surface area contributed by atoms with Crippen molar-refractivity contribution in [3.05, 3.63) is 84.1 Å². The molecule has 2 N–H and O–H groups in total. The van der Waals surface area contributed by atoms with Gasteiger partial charge in [-0.05, 0) is 86.3 Å². The SMILES string of the molecule is COc1cc2c(Oc3ccc(/C=N/N(C(N)=O)c4ccccc4F)cc3F)ccnc2cc1OCCCN1CCC(C)CC1. The molecule has 1 fully saturated rings. The number of rotatable bonds is 11. The van der Waals surface area contributed by atoms with Crippen LogP contribution in [0.25, 0.3) is 10.9 Å². The first-order valence-electron chi connectivity index (χ1n) is 14.5. The lowest BCUT2D eigenvalue weighted by Gasteiger charge is -2.30. The molecule has 1 saturated heterocycles. The number of methoxy groups -OCH3 is 1. The Morgan fingerprint density at radius 1 is 1.05 bits per heavy atom. The number of hydrogen-bond acceptors (Lipinski definition) is 7. The second-order valence-electron chi connectivity index (χ2n) is 10.7. The second kappa shape index (κ2) is 14.1. The summed E-state index contributed by atoms with van der Waals surface area (Å²) in [6.45, 7) is 6.10. The van der Waals surface area contributed by atoms with Crippen molar-refractivity contribution in [1.29, 1.82) is 0 Å². The van der Waals surface area contributed by atoms with E-state index in [4.69, 9.17) is 19.9 Å². The normalized spacial score (nSPS) is 14.2. The van der Waals surface area contributed by atoms with Gasteiger partial charge in [-0.15, -0.1) is 0 Å². The van der Waals surface area contributed by atoms with Crippen molar-refractivity contribution in [2.75, 3.05) is 38.4 Å². The smallest absolute Gasteiger partial charge is 0.340 e. The number of nitrogens with zero attached hydrogens (tertiary/aromatic N) is 4. The number of benzene rings is 3. The number of hydrazone groups is 1. The van der Waals surface area contributed by atoms with Crippen LogP contribution < -0.4 is 25.0 Å². The Hall–Kier alpha value is -4.77. The van der Waals surface area contributed by atoms with Gasteiger partial charge in [-0.3, -0.25) is 4.98 Å². The molecule has 1 aliphatic heterocycles. The van der Waals surface area contributed by atoms with E-state index >= 15 is 4.39 Å². The number of piperidine rings is 1. The van der Waals surface area contributed by atoms with Crippen molar-refractivity contribution >= 4 is 28.8 Å². The van der Waals surface area contributed by atoms with Crippen LogP contribution in [0.3, 0.4) is 0 Å². The first-order valence-corrected chi connectivity index (χ1v) is 14.5. The molecule has 0 aliphatic carbocycles. The number of anilines is 1. The minimum Gasteiger partial charge on any atom is -0.493 e. The topological polar surface area (TPSA) is 103 Å². The van der Waals surface area contributed by atoms with Crippen LogP contribution in [0.5, 0.6) is 23.0 Å².